The Bertz CT molecular complexity index is 1470. The summed E-state index contributed by atoms with van der Waals surface area (Å²) in [6.45, 7) is 3.88. The molecular weight excluding hydrogens is 521 g/mol. The molecule has 206 valence electrons. The number of carbonyl (C=O) groups excluding carboxylic acids is 4. The first-order valence-electron chi connectivity index (χ1n) is 12.4. The van der Waals surface area contributed by atoms with Crippen molar-refractivity contribution in [3.05, 3.63) is 83.7 Å². The van der Waals surface area contributed by atoms with Crippen molar-refractivity contribution in [3.8, 4) is 17.2 Å². The molecule has 2 N–H and O–H groups in total. The van der Waals surface area contributed by atoms with E-state index in [1.54, 1.807) is 31.2 Å². The number of barbiturate groups is 1. The van der Waals surface area contributed by atoms with Crippen molar-refractivity contribution < 1.29 is 37.8 Å². The Labute approximate surface area is 229 Å². The standard InChI is InChI=1S/C29H26FN3O7/c1-3-38-20-12-10-19(11-13-20)33-28(36)21(27(35)32-29(33)37)15-18-9-14-24(25(16-18)39-4-2)40-17-26(34)31-23-8-6-5-7-22(23)30/h5-16H,3-4,17H2,1-2H3,(H,31,34)(H,32,35,37)/b21-15+. The van der Waals surface area contributed by atoms with E-state index < -0.39 is 36.2 Å². The minimum absolute atomic E-state index is 0.0243. The van der Waals surface area contributed by atoms with Gasteiger partial charge in [0.1, 0.15) is 17.1 Å². The fourth-order valence-electron chi connectivity index (χ4n) is 3.81. The molecule has 0 radical (unpaired) electrons. The van der Waals surface area contributed by atoms with E-state index in [0.29, 0.717) is 17.9 Å². The molecule has 0 aromatic heterocycles. The fraction of sp³-hybridized carbons (Fsp3) is 0.172. The quantitative estimate of drug-likeness (QED) is 0.286. The number of nitrogens with zero attached hydrogens (tertiary/aromatic N) is 1. The molecule has 11 heteroatoms. The van der Waals surface area contributed by atoms with Gasteiger partial charge in [0.15, 0.2) is 18.1 Å². The normalized spacial score (nSPS) is 14.1. The lowest BCUT2D eigenvalue weighted by molar-refractivity contribution is -0.122. The number of hydrogen-bond acceptors (Lipinski definition) is 7. The van der Waals surface area contributed by atoms with Crippen LogP contribution < -0.4 is 29.7 Å². The molecule has 1 saturated heterocycles. The molecule has 3 aromatic rings. The van der Waals surface area contributed by atoms with E-state index in [-0.39, 0.29) is 35.1 Å². The van der Waals surface area contributed by atoms with Gasteiger partial charge in [-0.2, -0.15) is 0 Å². The van der Waals surface area contributed by atoms with E-state index in [4.69, 9.17) is 14.2 Å². The highest BCUT2D eigenvalue weighted by atomic mass is 19.1. The highest BCUT2D eigenvalue weighted by Gasteiger charge is 2.36. The molecule has 0 spiro atoms. The third kappa shape index (κ3) is 6.44. The number of ether oxygens (including phenoxy) is 3. The average molecular weight is 548 g/mol. The summed E-state index contributed by atoms with van der Waals surface area (Å²) in [6, 6.07) is 15.8. The van der Waals surface area contributed by atoms with E-state index in [9.17, 15) is 23.6 Å². The molecule has 0 aliphatic carbocycles. The smallest absolute Gasteiger partial charge is 0.335 e. The molecule has 5 amide bonds. The molecule has 0 unspecified atom stereocenters. The van der Waals surface area contributed by atoms with E-state index in [1.165, 1.54) is 48.5 Å². The van der Waals surface area contributed by atoms with Crippen molar-refractivity contribution in [2.45, 2.75) is 13.8 Å². The molecule has 1 heterocycles. The van der Waals surface area contributed by atoms with Crippen LogP contribution in [0.1, 0.15) is 19.4 Å². The van der Waals surface area contributed by atoms with Gasteiger partial charge in [0.25, 0.3) is 17.7 Å². The van der Waals surface area contributed by atoms with Gasteiger partial charge in [-0.25, -0.2) is 14.1 Å². The number of urea groups is 1. The van der Waals surface area contributed by atoms with Gasteiger partial charge in [0, 0.05) is 0 Å². The predicted octanol–water partition coefficient (Wildman–Crippen LogP) is 4.31. The summed E-state index contributed by atoms with van der Waals surface area (Å²) in [7, 11) is 0. The summed E-state index contributed by atoms with van der Waals surface area (Å²) in [5.74, 6) is -1.77. The fourth-order valence-corrected chi connectivity index (χ4v) is 3.81. The second kappa shape index (κ2) is 12.6. The maximum absolute atomic E-state index is 13.8. The van der Waals surface area contributed by atoms with E-state index in [0.717, 1.165) is 4.90 Å². The Morgan fingerprint density at radius 1 is 0.925 bits per heavy atom. The molecule has 3 aromatic carbocycles. The third-order valence-corrected chi connectivity index (χ3v) is 5.59. The van der Waals surface area contributed by atoms with Crippen molar-refractivity contribution in [2.75, 3.05) is 30.0 Å². The summed E-state index contributed by atoms with van der Waals surface area (Å²) in [4.78, 5) is 51.4. The molecule has 1 fully saturated rings. The number of hydrogen-bond donors (Lipinski definition) is 2. The van der Waals surface area contributed by atoms with Gasteiger partial charge < -0.3 is 19.5 Å². The number of carbonyl (C=O) groups is 4. The van der Waals surface area contributed by atoms with Crippen molar-refractivity contribution in [3.63, 3.8) is 0 Å². The lowest BCUT2D eigenvalue weighted by Crippen LogP contribution is -2.54. The Hall–Kier alpha value is -5.19. The number of nitrogens with one attached hydrogen (secondary N) is 2. The molecule has 1 aliphatic rings. The first-order valence-corrected chi connectivity index (χ1v) is 12.4. The molecular formula is C29H26FN3O7. The number of para-hydroxylation sites is 1. The Morgan fingerprint density at radius 3 is 2.35 bits per heavy atom. The highest BCUT2D eigenvalue weighted by Crippen LogP contribution is 2.31. The van der Waals surface area contributed by atoms with Gasteiger partial charge in [-0.1, -0.05) is 18.2 Å². The topological polar surface area (TPSA) is 123 Å². The van der Waals surface area contributed by atoms with Crippen LogP contribution in [0, 0.1) is 5.82 Å². The van der Waals surface area contributed by atoms with Crippen LogP contribution in [0.25, 0.3) is 6.08 Å². The van der Waals surface area contributed by atoms with Gasteiger partial charge in [0.2, 0.25) is 0 Å². The Morgan fingerprint density at radius 2 is 1.65 bits per heavy atom. The van der Waals surface area contributed by atoms with E-state index in [2.05, 4.69) is 10.6 Å². The zero-order valence-corrected chi connectivity index (χ0v) is 21.7. The molecule has 0 saturated carbocycles. The number of benzene rings is 3. The Balaban J connectivity index is 1.53. The van der Waals surface area contributed by atoms with Crippen LogP contribution in [0.4, 0.5) is 20.6 Å². The van der Waals surface area contributed by atoms with Crippen LogP contribution in [0.5, 0.6) is 17.2 Å². The van der Waals surface area contributed by atoms with Crippen molar-refractivity contribution in [2.24, 2.45) is 0 Å². The highest BCUT2D eigenvalue weighted by molar-refractivity contribution is 6.39. The number of imide groups is 2. The SMILES string of the molecule is CCOc1ccc(N2C(=O)NC(=O)/C(=C\c3ccc(OCC(=O)Nc4ccccc4F)c(OCC)c3)C2=O)cc1. The predicted molar refractivity (Wildman–Crippen MR) is 145 cm³/mol. The van der Waals surface area contributed by atoms with Crippen LogP contribution >= 0.6 is 0 Å². The summed E-state index contributed by atoms with van der Waals surface area (Å²) in [5, 5.41) is 4.60. The summed E-state index contributed by atoms with van der Waals surface area (Å²) in [5.41, 5.74) is 0.424. The van der Waals surface area contributed by atoms with Crippen LogP contribution in [-0.4, -0.2) is 43.6 Å². The lowest BCUT2D eigenvalue weighted by Gasteiger charge is -2.26. The number of halogens is 1. The maximum atomic E-state index is 13.8. The summed E-state index contributed by atoms with van der Waals surface area (Å²) < 4.78 is 30.4. The second-order valence-corrected chi connectivity index (χ2v) is 8.34. The number of anilines is 2. The maximum Gasteiger partial charge on any atom is 0.335 e. The zero-order chi connectivity index (χ0) is 28.6. The first kappa shape index (κ1) is 27.8. The van der Waals surface area contributed by atoms with Crippen LogP contribution in [0.2, 0.25) is 0 Å². The third-order valence-electron chi connectivity index (χ3n) is 5.59. The number of rotatable bonds is 10. The van der Waals surface area contributed by atoms with Crippen molar-refractivity contribution in [1.29, 1.82) is 0 Å². The van der Waals surface area contributed by atoms with Crippen LogP contribution in [0.3, 0.4) is 0 Å². The van der Waals surface area contributed by atoms with Gasteiger partial charge in [-0.05, 0) is 74.0 Å². The molecule has 0 bridgehead atoms. The van der Waals surface area contributed by atoms with Gasteiger partial charge >= 0.3 is 6.03 Å². The minimum atomic E-state index is -0.872. The van der Waals surface area contributed by atoms with E-state index >= 15 is 0 Å². The van der Waals surface area contributed by atoms with Gasteiger partial charge in [-0.15, -0.1) is 0 Å². The van der Waals surface area contributed by atoms with Crippen LogP contribution in [-0.2, 0) is 14.4 Å². The van der Waals surface area contributed by atoms with Crippen molar-refractivity contribution >= 4 is 41.2 Å². The monoisotopic (exact) mass is 547 g/mol. The average Bonchev–Trinajstić information content (AvgIpc) is 2.93. The Kier molecular flexibility index (Phi) is 8.75. The van der Waals surface area contributed by atoms with Crippen molar-refractivity contribution in [1.82, 2.24) is 5.32 Å². The summed E-state index contributed by atoms with van der Waals surface area (Å²) in [6.07, 6.45) is 1.32. The molecule has 4 rings (SSSR count). The molecule has 10 nitrogen and oxygen atoms in total. The van der Waals surface area contributed by atoms with Gasteiger partial charge in [0.05, 0.1) is 24.6 Å². The van der Waals surface area contributed by atoms with Gasteiger partial charge in [-0.3, -0.25) is 19.7 Å². The van der Waals surface area contributed by atoms with Crippen LogP contribution in [0.15, 0.2) is 72.3 Å². The first-order chi connectivity index (χ1) is 19.3. The molecule has 40 heavy (non-hydrogen) atoms. The van der Waals surface area contributed by atoms with E-state index in [1.807, 2.05) is 6.92 Å². The molecule has 0 atom stereocenters. The largest absolute Gasteiger partial charge is 0.494 e. The zero-order valence-electron chi connectivity index (χ0n) is 21.7. The minimum Gasteiger partial charge on any atom is -0.494 e. The summed E-state index contributed by atoms with van der Waals surface area (Å²) >= 11 is 0. The second-order valence-electron chi connectivity index (χ2n) is 8.34. The molecule has 1 aliphatic heterocycles. The number of amides is 5. The lowest BCUT2D eigenvalue weighted by atomic mass is 10.1.